The summed E-state index contributed by atoms with van der Waals surface area (Å²) >= 11 is 0. The number of anilines is 1. The van der Waals surface area contributed by atoms with Crippen LogP contribution in [0.4, 0.5) is 5.82 Å². The van der Waals surface area contributed by atoms with Crippen LogP contribution in [0.15, 0.2) is 60.9 Å². The molecule has 2 amide bonds. The molecule has 2 aromatic heterocycles. The number of aromatic nitrogens is 4. The average Bonchev–Trinajstić information content (AvgIpc) is 3.42. The van der Waals surface area contributed by atoms with Gasteiger partial charge in [-0.2, -0.15) is 14.6 Å². The molecule has 214 valence electrons. The molecule has 9 heteroatoms. The second-order valence-electron chi connectivity index (χ2n) is 11.3. The van der Waals surface area contributed by atoms with E-state index in [1.54, 1.807) is 6.33 Å². The van der Waals surface area contributed by atoms with E-state index in [4.69, 9.17) is 4.98 Å². The number of nitrogens with zero attached hydrogens (tertiary/aromatic N) is 5. The Morgan fingerprint density at radius 3 is 2.37 bits per heavy atom. The largest absolute Gasteiger partial charge is 0.356 e. The first-order valence-corrected chi connectivity index (χ1v) is 14.4. The quantitative estimate of drug-likeness (QED) is 0.325. The molecule has 0 spiro atoms. The zero-order chi connectivity index (χ0) is 28.9. The van der Waals surface area contributed by atoms with Crippen molar-refractivity contribution in [1.29, 1.82) is 0 Å². The standard InChI is InChI=1S/C32H39N7O2/c1-21(2)26-12-10-25(11-13-26)19-29(36-23(4)40)30(41)37-27-14-16-38(17-15-27)31-28(18-24-8-6-5-7-9-24)22(3)35-32-33-20-34-39(31)32/h5-13,20-21,27,29H,14-19H2,1-4H3,(H,36,40)(H,37,41)/t29-/m0/s1. The summed E-state index contributed by atoms with van der Waals surface area (Å²) in [5, 5.41) is 10.6. The summed E-state index contributed by atoms with van der Waals surface area (Å²) in [7, 11) is 0. The van der Waals surface area contributed by atoms with Crippen molar-refractivity contribution in [2.75, 3.05) is 18.0 Å². The predicted molar refractivity (Wildman–Crippen MR) is 160 cm³/mol. The third kappa shape index (κ3) is 6.73. The Morgan fingerprint density at radius 1 is 1.00 bits per heavy atom. The molecule has 0 unspecified atom stereocenters. The van der Waals surface area contributed by atoms with E-state index in [0.717, 1.165) is 55.0 Å². The summed E-state index contributed by atoms with van der Waals surface area (Å²) in [4.78, 5) is 36.7. The monoisotopic (exact) mass is 553 g/mol. The van der Waals surface area contributed by atoms with Gasteiger partial charge in [0.15, 0.2) is 0 Å². The predicted octanol–water partition coefficient (Wildman–Crippen LogP) is 3.98. The fourth-order valence-corrected chi connectivity index (χ4v) is 5.57. The van der Waals surface area contributed by atoms with E-state index < -0.39 is 6.04 Å². The van der Waals surface area contributed by atoms with Gasteiger partial charge in [0.2, 0.25) is 11.8 Å². The molecule has 3 heterocycles. The van der Waals surface area contributed by atoms with E-state index in [9.17, 15) is 9.59 Å². The number of carbonyl (C=O) groups excluding carboxylic acids is 2. The van der Waals surface area contributed by atoms with Crippen LogP contribution in [0.1, 0.15) is 67.5 Å². The van der Waals surface area contributed by atoms with Crippen molar-refractivity contribution >= 4 is 23.4 Å². The van der Waals surface area contributed by atoms with Crippen LogP contribution in [0, 0.1) is 6.92 Å². The van der Waals surface area contributed by atoms with Gasteiger partial charge in [-0.25, -0.2) is 4.98 Å². The van der Waals surface area contributed by atoms with Crippen LogP contribution in [0.3, 0.4) is 0 Å². The minimum Gasteiger partial charge on any atom is -0.356 e. The van der Waals surface area contributed by atoms with Crippen molar-refractivity contribution in [3.8, 4) is 0 Å². The lowest BCUT2D eigenvalue weighted by molar-refractivity contribution is -0.128. The Labute approximate surface area is 241 Å². The number of nitrogens with one attached hydrogen (secondary N) is 2. The van der Waals surface area contributed by atoms with Crippen LogP contribution in [0.5, 0.6) is 0 Å². The first-order valence-electron chi connectivity index (χ1n) is 14.4. The molecule has 1 atom stereocenters. The second kappa shape index (κ2) is 12.5. The summed E-state index contributed by atoms with van der Waals surface area (Å²) in [6.45, 7) is 9.31. The maximum atomic E-state index is 13.3. The van der Waals surface area contributed by atoms with Gasteiger partial charge >= 0.3 is 0 Å². The van der Waals surface area contributed by atoms with Gasteiger partial charge in [-0.1, -0.05) is 68.4 Å². The topological polar surface area (TPSA) is 105 Å². The summed E-state index contributed by atoms with van der Waals surface area (Å²) in [6, 6.07) is 18.1. The zero-order valence-corrected chi connectivity index (χ0v) is 24.3. The van der Waals surface area contributed by atoms with Crippen molar-refractivity contribution in [3.05, 3.63) is 88.9 Å². The third-order valence-electron chi connectivity index (χ3n) is 7.85. The normalized spacial score (nSPS) is 14.8. The van der Waals surface area contributed by atoms with Crippen LogP contribution in [-0.4, -0.2) is 56.6 Å². The molecular formula is C32H39N7O2. The van der Waals surface area contributed by atoms with Gasteiger partial charge in [0.25, 0.3) is 5.78 Å². The molecule has 4 aromatic rings. The average molecular weight is 554 g/mol. The van der Waals surface area contributed by atoms with Gasteiger partial charge in [0.05, 0.1) is 0 Å². The van der Waals surface area contributed by atoms with Crippen LogP contribution >= 0.6 is 0 Å². The van der Waals surface area contributed by atoms with E-state index in [1.807, 2.05) is 29.6 Å². The lowest BCUT2D eigenvalue weighted by atomic mass is 9.98. The Kier molecular flexibility index (Phi) is 8.61. The van der Waals surface area contributed by atoms with E-state index in [-0.39, 0.29) is 17.9 Å². The summed E-state index contributed by atoms with van der Waals surface area (Å²) in [5.74, 6) is 1.68. The number of piperidine rings is 1. The van der Waals surface area contributed by atoms with Crippen LogP contribution in [-0.2, 0) is 22.4 Å². The molecule has 0 bridgehead atoms. The number of hydrogen-bond acceptors (Lipinski definition) is 6. The molecule has 5 rings (SSSR count). The van der Waals surface area contributed by atoms with E-state index in [0.29, 0.717) is 18.1 Å². The van der Waals surface area contributed by atoms with Crippen molar-refractivity contribution in [3.63, 3.8) is 0 Å². The smallest absolute Gasteiger partial charge is 0.254 e. The SMILES string of the molecule is CC(=O)N[C@@H](Cc1ccc(C(C)C)cc1)C(=O)NC1CCN(c2c(Cc3ccccc3)c(C)nc3ncnn23)CC1. The number of hydrogen-bond donors (Lipinski definition) is 2. The van der Waals surface area contributed by atoms with Crippen molar-refractivity contribution in [2.24, 2.45) is 0 Å². The minimum absolute atomic E-state index is 0.0186. The minimum atomic E-state index is -0.620. The van der Waals surface area contributed by atoms with E-state index in [2.05, 4.69) is 75.9 Å². The van der Waals surface area contributed by atoms with Gasteiger partial charge in [0.1, 0.15) is 18.2 Å². The summed E-state index contributed by atoms with van der Waals surface area (Å²) < 4.78 is 1.83. The Balaban J connectivity index is 1.28. The summed E-state index contributed by atoms with van der Waals surface area (Å²) in [6.07, 6.45) is 4.31. The van der Waals surface area contributed by atoms with Crippen molar-refractivity contribution in [1.82, 2.24) is 30.2 Å². The highest BCUT2D eigenvalue weighted by molar-refractivity contribution is 5.87. The van der Waals surface area contributed by atoms with Gasteiger partial charge in [0, 0.05) is 50.2 Å². The zero-order valence-electron chi connectivity index (χ0n) is 24.3. The van der Waals surface area contributed by atoms with Crippen LogP contribution in [0.2, 0.25) is 0 Å². The number of benzene rings is 2. The molecular weight excluding hydrogens is 514 g/mol. The van der Waals surface area contributed by atoms with Crippen molar-refractivity contribution in [2.45, 2.75) is 71.4 Å². The first-order chi connectivity index (χ1) is 19.8. The fourth-order valence-electron chi connectivity index (χ4n) is 5.57. The van der Waals surface area contributed by atoms with E-state index in [1.165, 1.54) is 18.1 Å². The van der Waals surface area contributed by atoms with Crippen molar-refractivity contribution < 1.29 is 9.59 Å². The van der Waals surface area contributed by atoms with Gasteiger partial charge in [-0.3, -0.25) is 9.59 Å². The molecule has 1 saturated heterocycles. The highest BCUT2D eigenvalue weighted by atomic mass is 16.2. The maximum Gasteiger partial charge on any atom is 0.254 e. The highest BCUT2D eigenvalue weighted by Gasteiger charge is 2.28. The van der Waals surface area contributed by atoms with Crippen LogP contribution < -0.4 is 15.5 Å². The third-order valence-corrected chi connectivity index (χ3v) is 7.85. The fraction of sp³-hybridized carbons (Fsp3) is 0.406. The Hall–Kier alpha value is -4.27. The maximum absolute atomic E-state index is 13.3. The molecule has 9 nitrogen and oxygen atoms in total. The molecule has 41 heavy (non-hydrogen) atoms. The molecule has 2 aromatic carbocycles. The molecule has 0 radical (unpaired) electrons. The molecule has 2 N–H and O–H groups in total. The Bertz CT molecular complexity index is 1490. The lowest BCUT2D eigenvalue weighted by Crippen LogP contribution is -2.52. The number of fused-ring (bicyclic) bond motifs is 1. The second-order valence-corrected chi connectivity index (χ2v) is 11.3. The first kappa shape index (κ1) is 28.3. The van der Waals surface area contributed by atoms with Crippen LogP contribution in [0.25, 0.3) is 5.78 Å². The lowest BCUT2D eigenvalue weighted by Gasteiger charge is -2.35. The molecule has 1 fully saturated rings. The summed E-state index contributed by atoms with van der Waals surface area (Å²) in [5.41, 5.74) is 5.56. The number of amides is 2. The van der Waals surface area contributed by atoms with Gasteiger partial charge < -0.3 is 15.5 Å². The molecule has 1 aliphatic rings. The number of aryl methyl sites for hydroxylation is 1. The number of carbonyl (C=O) groups is 2. The van der Waals surface area contributed by atoms with Gasteiger partial charge in [-0.15, -0.1) is 0 Å². The Morgan fingerprint density at radius 2 is 1.71 bits per heavy atom. The molecule has 1 aliphatic heterocycles. The van der Waals surface area contributed by atoms with E-state index >= 15 is 0 Å². The molecule has 0 saturated carbocycles. The highest BCUT2D eigenvalue weighted by Crippen LogP contribution is 2.28. The van der Waals surface area contributed by atoms with Gasteiger partial charge in [-0.05, 0) is 42.4 Å². The molecule has 0 aliphatic carbocycles. The number of rotatable bonds is 9.